The van der Waals surface area contributed by atoms with Gasteiger partial charge < -0.3 is 10.6 Å². The van der Waals surface area contributed by atoms with Crippen LogP contribution in [-0.2, 0) is 9.59 Å². The van der Waals surface area contributed by atoms with Crippen molar-refractivity contribution < 1.29 is 14.0 Å². The lowest BCUT2D eigenvalue weighted by molar-refractivity contribution is -0.119. The van der Waals surface area contributed by atoms with Gasteiger partial charge in [0.05, 0.1) is 11.4 Å². The van der Waals surface area contributed by atoms with Gasteiger partial charge in [0.1, 0.15) is 5.82 Å². The first-order valence-electron chi connectivity index (χ1n) is 7.31. The molecule has 1 aromatic heterocycles. The molecule has 2 amide bonds. The van der Waals surface area contributed by atoms with Crippen LogP contribution in [-0.4, -0.2) is 27.8 Å². The molecule has 1 atom stereocenters. The minimum atomic E-state index is -0.484. The summed E-state index contributed by atoms with van der Waals surface area (Å²) in [5.41, 5.74) is 0.141. The topological polar surface area (TPSA) is 84.0 Å². The zero-order chi connectivity index (χ0) is 17.5. The highest BCUT2D eigenvalue weighted by Crippen LogP contribution is 2.26. The number of carbonyl (C=O) groups excluding carboxylic acids is 2. The Morgan fingerprint density at radius 1 is 1.29 bits per heavy atom. The highest BCUT2D eigenvalue weighted by Gasteiger charge is 2.14. The number of hydrogen-bond acceptors (Lipinski definition) is 6. The molecule has 0 radical (unpaired) electrons. The van der Waals surface area contributed by atoms with Gasteiger partial charge in [0.15, 0.2) is 4.34 Å². The monoisotopic (exact) mass is 368 g/mol. The van der Waals surface area contributed by atoms with Crippen LogP contribution in [0.1, 0.15) is 20.3 Å². The van der Waals surface area contributed by atoms with E-state index >= 15 is 0 Å². The Labute approximate surface area is 147 Å². The first-order chi connectivity index (χ1) is 11.5. The van der Waals surface area contributed by atoms with E-state index in [1.807, 2.05) is 13.8 Å². The summed E-state index contributed by atoms with van der Waals surface area (Å²) >= 11 is 2.37. The van der Waals surface area contributed by atoms with Gasteiger partial charge in [0.2, 0.25) is 16.9 Å². The SMILES string of the molecule is CC[C@H](C)C(=O)Nc1nnc(SCC(=O)Nc2ccccc2F)s1. The second-order valence-corrected chi connectivity index (χ2v) is 7.19. The third-order valence-electron chi connectivity index (χ3n) is 3.17. The highest BCUT2D eigenvalue weighted by molar-refractivity contribution is 8.01. The minimum Gasteiger partial charge on any atom is -0.323 e. The van der Waals surface area contributed by atoms with E-state index in [1.54, 1.807) is 12.1 Å². The summed E-state index contributed by atoms with van der Waals surface area (Å²) in [4.78, 5) is 23.6. The zero-order valence-electron chi connectivity index (χ0n) is 13.2. The Balaban J connectivity index is 1.83. The van der Waals surface area contributed by atoms with Gasteiger partial charge in [-0.1, -0.05) is 49.1 Å². The largest absolute Gasteiger partial charge is 0.323 e. The smallest absolute Gasteiger partial charge is 0.234 e. The van der Waals surface area contributed by atoms with E-state index in [0.717, 1.165) is 6.42 Å². The molecule has 0 unspecified atom stereocenters. The molecular weight excluding hydrogens is 351 g/mol. The Morgan fingerprint density at radius 3 is 2.75 bits per heavy atom. The number of nitrogens with zero attached hydrogens (tertiary/aromatic N) is 2. The second kappa shape index (κ2) is 8.74. The first kappa shape index (κ1) is 18.3. The number of rotatable bonds is 7. The van der Waals surface area contributed by atoms with Crippen molar-refractivity contribution in [3.63, 3.8) is 0 Å². The minimum absolute atomic E-state index is 0.0717. The summed E-state index contributed by atoms with van der Waals surface area (Å²) in [6.45, 7) is 3.76. The summed E-state index contributed by atoms with van der Waals surface area (Å²) in [6, 6.07) is 5.96. The van der Waals surface area contributed by atoms with E-state index in [9.17, 15) is 14.0 Å². The van der Waals surface area contributed by atoms with Crippen LogP contribution in [0.3, 0.4) is 0 Å². The molecular formula is C15H17FN4O2S2. The molecule has 24 heavy (non-hydrogen) atoms. The standard InChI is InChI=1S/C15H17FN4O2S2/c1-3-9(2)13(22)18-14-19-20-15(24-14)23-8-12(21)17-11-7-5-4-6-10(11)16/h4-7,9H,3,8H2,1-2H3,(H,17,21)(H,18,19,22)/t9-/m0/s1. The van der Waals surface area contributed by atoms with E-state index in [0.29, 0.717) is 9.47 Å². The fourth-order valence-corrected chi connectivity index (χ4v) is 3.16. The van der Waals surface area contributed by atoms with Crippen molar-refractivity contribution in [1.29, 1.82) is 0 Å². The third kappa shape index (κ3) is 5.27. The molecule has 1 heterocycles. The lowest BCUT2D eigenvalue weighted by Crippen LogP contribution is -2.19. The number of aromatic nitrogens is 2. The first-order valence-corrected chi connectivity index (χ1v) is 9.11. The molecule has 0 saturated heterocycles. The molecule has 0 saturated carbocycles. The van der Waals surface area contributed by atoms with E-state index in [2.05, 4.69) is 20.8 Å². The average molecular weight is 368 g/mol. The molecule has 9 heteroatoms. The van der Waals surface area contributed by atoms with Crippen molar-refractivity contribution in [2.75, 3.05) is 16.4 Å². The average Bonchev–Trinajstić information content (AvgIpc) is 3.01. The number of amides is 2. The van der Waals surface area contributed by atoms with Crippen molar-refractivity contribution in [2.24, 2.45) is 5.92 Å². The summed E-state index contributed by atoms with van der Waals surface area (Å²) in [5.74, 6) is -0.964. The maximum atomic E-state index is 13.5. The highest BCUT2D eigenvalue weighted by atomic mass is 32.2. The van der Waals surface area contributed by atoms with Crippen LogP contribution in [0.5, 0.6) is 0 Å². The maximum Gasteiger partial charge on any atom is 0.234 e. The summed E-state index contributed by atoms with van der Waals surface area (Å²) < 4.78 is 14.0. The number of halogens is 1. The van der Waals surface area contributed by atoms with Crippen LogP contribution in [0.15, 0.2) is 28.6 Å². The quantitative estimate of drug-likeness (QED) is 0.578. The molecule has 6 nitrogen and oxygen atoms in total. The van der Waals surface area contributed by atoms with Gasteiger partial charge in [-0.2, -0.15) is 0 Å². The molecule has 0 fully saturated rings. The molecule has 128 valence electrons. The second-order valence-electron chi connectivity index (χ2n) is 4.99. The van der Waals surface area contributed by atoms with Gasteiger partial charge >= 0.3 is 0 Å². The molecule has 0 aliphatic rings. The molecule has 0 spiro atoms. The van der Waals surface area contributed by atoms with Gasteiger partial charge in [-0.25, -0.2) is 4.39 Å². The number of thioether (sulfide) groups is 1. The molecule has 0 bridgehead atoms. The summed E-state index contributed by atoms with van der Waals surface area (Å²) in [5, 5.41) is 13.4. The van der Waals surface area contributed by atoms with Gasteiger partial charge in [-0.15, -0.1) is 10.2 Å². The molecule has 2 aromatic rings. The normalized spacial score (nSPS) is 11.8. The summed E-state index contributed by atoms with van der Waals surface area (Å²) in [6.07, 6.45) is 0.739. The molecule has 2 N–H and O–H groups in total. The summed E-state index contributed by atoms with van der Waals surface area (Å²) in [7, 11) is 0. The predicted molar refractivity (Wildman–Crippen MR) is 93.7 cm³/mol. The van der Waals surface area contributed by atoms with Crippen LogP contribution in [0.25, 0.3) is 0 Å². The molecule has 2 rings (SSSR count). The van der Waals surface area contributed by atoms with Crippen LogP contribution in [0.2, 0.25) is 0 Å². The van der Waals surface area contributed by atoms with E-state index in [4.69, 9.17) is 0 Å². The fraction of sp³-hybridized carbons (Fsp3) is 0.333. The lowest BCUT2D eigenvalue weighted by Gasteiger charge is -2.06. The van der Waals surface area contributed by atoms with E-state index in [1.165, 1.54) is 35.2 Å². The van der Waals surface area contributed by atoms with Crippen molar-refractivity contribution in [3.8, 4) is 0 Å². The van der Waals surface area contributed by atoms with Crippen LogP contribution in [0, 0.1) is 11.7 Å². The maximum absolute atomic E-state index is 13.5. The number of benzene rings is 1. The van der Waals surface area contributed by atoms with Crippen LogP contribution >= 0.6 is 23.1 Å². The fourth-order valence-electron chi connectivity index (χ4n) is 1.61. The number of para-hydroxylation sites is 1. The van der Waals surface area contributed by atoms with Gasteiger partial charge in [-0.3, -0.25) is 9.59 Å². The third-order valence-corrected chi connectivity index (χ3v) is 5.14. The van der Waals surface area contributed by atoms with Crippen molar-refractivity contribution >= 4 is 45.7 Å². The number of anilines is 2. The molecule has 0 aliphatic carbocycles. The molecule has 0 aliphatic heterocycles. The van der Waals surface area contributed by atoms with Crippen molar-refractivity contribution in [1.82, 2.24) is 10.2 Å². The predicted octanol–water partition coefficient (Wildman–Crippen LogP) is 3.39. The zero-order valence-corrected chi connectivity index (χ0v) is 14.8. The van der Waals surface area contributed by atoms with Crippen LogP contribution < -0.4 is 10.6 Å². The Morgan fingerprint density at radius 2 is 2.04 bits per heavy atom. The number of nitrogens with one attached hydrogen (secondary N) is 2. The van der Waals surface area contributed by atoms with Crippen LogP contribution in [0.4, 0.5) is 15.2 Å². The van der Waals surface area contributed by atoms with Crippen molar-refractivity contribution in [2.45, 2.75) is 24.6 Å². The Kier molecular flexibility index (Phi) is 6.68. The van der Waals surface area contributed by atoms with E-state index in [-0.39, 0.29) is 29.2 Å². The number of hydrogen-bond donors (Lipinski definition) is 2. The van der Waals surface area contributed by atoms with Crippen molar-refractivity contribution in [3.05, 3.63) is 30.1 Å². The lowest BCUT2D eigenvalue weighted by atomic mass is 10.1. The Hall–Kier alpha value is -2.00. The number of carbonyl (C=O) groups is 2. The van der Waals surface area contributed by atoms with Gasteiger partial charge in [0.25, 0.3) is 0 Å². The Bertz CT molecular complexity index is 723. The van der Waals surface area contributed by atoms with E-state index < -0.39 is 5.82 Å². The van der Waals surface area contributed by atoms with Gasteiger partial charge in [0, 0.05) is 5.92 Å². The van der Waals surface area contributed by atoms with Gasteiger partial charge in [-0.05, 0) is 18.6 Å². The molecule has 1 aromatic carbocycles.